The minimum atomic E-state index is -3.62. The zero-order chi connectivity index (χ0) is 23.4. The highest BCUT2D eigenvalue weighted by atomic mass is 32.2. The summed E-state index contributed by atoms with van der Waals surface area (Å²) in [5, 5.41) is 9.52. The molecule has 5 N–H and O–H groups in total. The van der Waals surface area contributed by atoms with Crippen LogP contribution in [0.4, 0.5) is 23.1 Å². The molecule has 0 radical (unpaired) electrons. The van der Waals surface area contributed by atoms with Crippen LogP contribution < -0.4 is 21.7 Å². The zero-order valence-corrected chi connectivity index (χ0v) is 19.6. The van der Waals surface area contributed by atoms with Crippen LogP contribution in [0.15, 0.2) is 59.6 Å². The Balaban J connectivity index is 1.46. The van der Waals surface area contributed by atoms with Crippen molar-refractivity contribution in [2.75, 3.05) is 36.8 Å². The fraction of sp³-hybridized carbons (Fsp3) is 0.304. The van der Waals surface area contributed by atoms with E-state index in [9.17, 15) is 8.42 Å². The maximum absolute atomic E-state index is 13.1. The second-order valence-electron chi connectivity index (χ2n) is 8.06. The van der Waals surface area contributed by atoms with Gasteiger partial charge in [0, 0.05) is 43.8 Å². The third kappa shape index (κ3) is 5.31. The molecule has 0 aliphatic carbocycles. The van der Waals surface area contributed by atoms with Gasteiger partial charge in [-0.15, -0.1) is 0 Å². The molecular formula is C23H29N7O2S. The fourth-order valence-electron chi connectivity index (χ4n) is 3.53. The van der Waals surface area contributed by atoms with Crippen molar-refractivity contribution in [2.24, 2.45) is 5.73 Å². The van der Waals surface area contributed by atoms with E-state index in [1.165, 1.54) is 15.4 Å². The monoisotopic (exact) mass is 467 g/mol. The predicted molar refractivity (Wildman–Crippen MR) is 131 cm³/mol. The first-order chi connectivity index (χ1) is 15.9. The van der Waals surface area contributed by atoms with Gasteiger partial charge in [-0.2, -0.15) is 9.29 Å². The van der Waals surface area contributed by atoms with Gasteiger partial charge in [-0.05, 0) is 67.4 Å². The summed E-state index contributed by atoms with van der Waals surface area (Å²) in [4.78, 5) is 9.00. The molecule has 0 bridgehead atoms. The lowest BCUT2D eigenvalue weighted by atomic mass is 10.1. The van der Waals surface area contributed by atoms with Crippen molar-refractivity contribution < 1.29 is 8.42 Å². The molecule has 2 aromatic carbocycles. The number of benzene rings is 2. The topological polar surface area (TPSA) is 125 Å². The smallest absolute Gasteiger partial charge is 0.243 e. The molecule has 0 amide bonds. The summed E-state index contributed by atoms with van der Waals surface area (Å²) in [6, 6.07) is 14.5. The Morgan fingerprint density at radius 1 is 1.03 bits per heavy atom. The van der Waals surface area contributed by atoms with Crippen molar-refractivity contribution in [3.05, 3.63) is 65.9 Å². The highest BCUT2D eigenvalue weighted by molar-refractivity contribution is 7.89. The zero-order valence-electron chi connectivity index (χ0n) is 18.7. The number of aryl methyl sites for hydroxylation is 2. The van der Waals surface area contributed by atoms with E-state index in [1.807, 2.05) is 6.07 Å². The lowest BCUT2D eigenvalue weighted by Crippen LogP contribution is -2.59. The number of sulfonamides is 1. The van der Waals surface area contributed by atoms with Gasteiger partial charge in [0.25, 0.3) is 0 Å². The van der Waals surface area contributed by atoms with Crippen LogP contribution in [0.1, 0.15) is 11.1 Å². The van der Waals surface area contributed by atoms with Crippen LogP contribution in [0.2, 0.25) is 0 Å². The van der Waals surface area contributed by atoms with Gasteiger partial charge in [0.15, 0.2) is 0 Å². The number of nitrogens with one attached hydrogen (secondary N) is 3. The van der Waals surface area contributed by atoms with Crippen LogP contribution in [-0.4, -0.2) is 54.9 Å². The van der Waals surface area contributed by atoms with Crippen molar-refractivity contribution >= 4 is 33.2 Å². The highest BCUT2D eigenvalue weighted by Crippen LogP contribution is 2.23. The molecule has 10 heteroatoms. The number of nitrogens with zero attached hydrogens (tertiary/aromatic N) is 3. The first-order valence-electron chi connectivity index (χ1n) is 10.8. The van der Waals surface area contributed by atoms with Gasteiger partial charge in [-0.25, -0.2) is 13.4 Å². The van der Waals surface area contributed by atoms with Gasteiger partial charge in [0.1, 0.15) is 5.82 Å². The predicted octanol–water partition coefficient (Wildman–Crippen LogP) is 2.50. The van der Waals surface area contributed by atoms with E-state index < -0.39 is 10.0 Å². The molecule has 4 rings (SSSR count). The summed E-state index contributed by atoms with van der Waals surface area (Å²) in [6.07, 6.45) is 1.66. The number of aromatic nitrogens is 2. The molecule has 3 aromatic rings. The maximum atomic E-state index is 13.1. The molecule has 1 aromatic heterocycles. The molecule has 2 heterocycles. The van der Waals surface area contributed by atoms with Crippen molar-refractivity contribution in [1.82, 2.24) is 19.6 Å². The Labute approximate surface area is 194 Å². The second-order valence-corrected chi connectivity index (χ2v) is 9.95. The number of hydrogen-bond acceptors (Lipinski definition) is 8. The van der Waals surface area contributed by atoms with Crippen LogP contribution in [0.5, 0.6) is 0 Å². The van der Waals surface area contributed by atoms with Gasteiger partial charge >= 0.3 is 0 Å². The van der Waals surface area contributed by atoms with Gasteiger partial charge in [0.2, 0.25) is 16.0 Å². The second kappa shape index (κ2) is 9.84. The molecule has 0 atom stereocenters. The Kier molecular flexibility index (Phi) is 6.89. The normalized spacial score (nSPS) is 14.2. The third-order valence-corrected chi connectivity index (χ3v) is 7.63. The number of hydrogen-bond donors (Lipinski definition) is 4. The van der Waals surface area contributed by atoms with Crippen molar-refractivity contribution in [3.63, 3.8) is 0 Å². The van der Waals surface area contributed by atoms with Gasteiger partial charge in [0.05, 0.1) is 10.9 Å². The van der Waals surface area contributed by atoms with Crippen LogP contribution in [0.3, 0.4) is 0 Å². The Morgan fingerprint density at radius 3 is 2.39 bits per heavy atom. The molecule has 174 valence electrons. The van der Waals surface area contributed by atoms with E-state index in [0.29, 0.717) is 37.1 Å². The highest BCUT2D eigenvalue weighted by Gasteiger charge is 2.34. The third-order valence-electron chi connectivity index (χ3n) is 5.67. The quantitative estimate of drug-likeness (QED) is 0.378. The van der Waals surface area contributed by atoms with Gasteiger partial charge < -0.3 is 21.7 Å². The molecular weight excluding hydrogens is 438 g/mol. The molecule has 33 heavy (non-hydrogen) atoms. The van der Waals surface area contributed by atoms with E-state index >= 15 is 0 Å². The maximum Gasteiger partial charge on any atom is 0.243 e. The van der Waals surface area contributed by atoms with Crippen LogP contribution in [-0.2, 0) is 10.0 Å². The lowest BCUT2D eigenvalue weighted by Gasteiger charge is -2.37. The van der Waals surface area contributed by atoms with E-state index in [0.717, 1.165) is 5.69 Å². The fourth-order valence-corrected chi connectivity index (χ4v) is 5.17. The molecule has 1 aliphatic rings. The average Bonchev–Trinajstić information content (AvgIpc) is 2.75. The minimum absolute atomic E-state index is 0.0580. The summed E-state index contributed by atoms with van der Waals surface area (Å²) in [5.41, 5.74) is 9.71. The first kappa shape index (κ1) is 23.1. The first-order valence-corrected chi connectivity index (χ1v) is 12.3. The molecule has 1 saturated heterocycles. The number of nitrogens with two attached hydrogens (primary N) is 1. The van der Waals surface area contributed by atoms with Crippen molar-refractivity contribution in [2.45, 2.75) is 24.8 Å². The summed E-state index contributed by atoms with van der Waals surface area (Å²) < 4.78 is 27.6. The standard InChI is InChI=1S/C23H29N7O2S/c1-16-3-4-19(13-17(16)2)27-22-9-11-26-23(29-22)28-18-5-7-21(8-6-18)33(31,32)30(12-10-24)20-14-25-15-20/h3-9,11,13,20,25H,10,12,14-15,24H2,1-2H3,(H2,26,27,28,29). The summed E-state index contributed by atoms with van der Waals surface area (Å²) in [7, 11) is -3.62. The van der Waals surface area contributed by atoms with Crippen molar-refractivity contribution in [3.8, 4) is 0 Å². The molecule has 0 unspecified atom stereocenters. The van der Waals surface area contributed by atoms with Crippen LogP contribution in [0, 0.1) is 13.8 Å². The molecule has 1 aliphatic heterocycles. The summed E-state index contributed by atoms with van der Waals surface area (Å²) >= 11 is 0. The van der Waals surface area contributed by atoms with E-state index in [-0.39, 0.29) is 17.5 Å². The summed E-state index contributed by atoms with van der Waals surface area (Å²) in [5.74, 6) is 1.06. The Morgan fingerprint density at radius 2 is 1.76 bits per heavy atom. The van der Waals surface area contributed by atoms with Gasteiger partial charge in [-0.3, -0.25) is 0 Å². The van der Waals surface area contributed by atoms with Crippen LogP contribution in [0.25, 0.3) is 0 Å². The largest absolute Gasteiger partial charge is 0.340 e. The minimum Gasteiger partial charge on any atom is -0.340 e. The van der Waals surface area contributed by atoms with E-state index in [1.54, 1.807) is 36.5 Å². The van der Waals surface area contributed by atoms with Crippen LogP contribution >= 0.6 is 0 Å². The lowest BCUT2D eigenvalue weighted by molar-refractivity contribution is 0.246. The summed E-state index contributed by atoms with van der Waals surface area (Å²) in [6.45, 7) is 5.99. The number of rotatable bonds is 9. The Bertz CT molecular complexity index is 1210. The Hall–Kier alpha value is -3.05. The molecule has 0 spiro atoms. The molecule has 0 saturated carbocycles. The molecule has 1 fully saturated rings. The molecule has 9 nitrogen and oxygen atoms in total. The van der Waals surface area contributed by atoms with Crippen molar-refractivity contribution in [1.29, 1.82) is 0 Å². The average molecular weight is 468 g/mol. The van der Waals surface area contributed by atoms with E-state index in [2.05, 4.69) is 51.9 Å². The number of anilines is 4. The van der Waals surface area contributed by atoms with Gasteiger partial charge in [-0.1, -0.05) is 6.07 Å². The SMILES string of the molecule is Cc1ccc(Nc2ccnc(Nc3ccc(S(=O)(=O)N(CCN)C4CNC4)cc3)n2)cc1C. The van der Waals surface area contributed by atoms with E-state index in [4.69, 9.17) is 5.73 Å².